The number of amides is 3. The van der Waals surface area contributed by atoms with E-state index in [4.69, 9.17) is 4.74 Å². The number of carbonyl (C=O) groups excluding carboxylic acids is 2. The Labute approximate surface area is 204 Å². The van der Waals surface area contributed by atoms with Gasteiger partial charge in [0.2, 0.25) is 0 Å². The number of piperidine rings is 2. The topological polar surface area (TPSA) is 56.3 Å². The molecule has 4 aliphatic heterocycles. The summed E-state index contributed by atoms with van der Waals surface area (Å²) in [6.07, 6.45) is 7.81. The van der Waals surface area contributed by atoms with E-state index in [9.17, 15) is 9.59 Å². The van der Waals surface area contributed by atoms with Gasteiger partial charge in [0.1, 0.15) is 0 Å². The summed E-state index contributed by atoms with van der Waals surface area (Å²) in [5.74, 6) is 0.588. The van der Waals surface area contributed by atoms with Crippen molar-refractivity contribution >= 4 is 17.8 Å². The highest BCUT2D eigenvalue weighted by molar-refractivity contribution is 5.93. The van der Waals surface area contributed by atoms with Crippen LogP contribution >= 0.6 is 0 Å². The number of fused-ring (bicyclic) bond motifs is 6. The van der Waals surface area contributed by atoms with Gasteiger partial charge in [-0.1, -0.05) is 18.2 Å². The second-order valence-electron chi connectivity index (χ2n) is 11.0. The molecule has 2 bridgehead atoms. The van der Waals surface area contributed by atoms with E-state index >= 15 is 0 Å². The van der Waals surface area contributed by atoms with Gasteiger partial charge in [0.05, 0.1) is 6.61 Å². The van der Waals surface area contributed by atoms with Crippen LogP contribution < -0.4 is 4.90 Å². The fourth-order valence-electron chi connectivity index (χ4n) is 7.08. The van der Waals surface area contributed by atoms with Crippen LogP contribution in [-0.2, 0) is 10.2 Å². The van der Waals surface area contributed by atoms with Gasteiger partial charge in [-0.15, -0.1) is 0 Å². The Bertz CT molecular complexity index is 911. The predicted octanol–water partition coefficient (Wildman–Crippen LogP) is 4.31. The zero-order valence-electron chi connectivity index (χ0n) is 21.0. The molecule has 186 valence electrons. The number of hydrogen-bond donors (Lipinski definition) is 0. The molecular weight excluding hydrogens is 428 g/mol. The molecule has 0 N–H and O–H groups in total. The van der Waals surface area contributed by atoms with E-state index in [0.29, 0.717) is 24.6 Å². The van der Waals surface area contributed by atoms with Crippen LogP contribution in [0.1, 0.15) is 57.4 Å². The minimum atomic E-state index is -0.119. The summed E-state index contributed by atoms with van der Waals surface area (Å²) in [5.41, 5.74) is 2.61. The van der Waals surface area contributed by atoms with Crippen LogP contribution in [-0.4, -0.2) is 85.8 Å². The highest BCUT2D eigenvalue weighted by Crippen LogP contribution is 2.47. The standard InChI is InChI=1S/C27H40N4O3/c1-4-34-26(33)31-19-20-9-10-21(31)18-22(17-20)29-14-11-27(12-15-29)13-16-30(25(32)28(2)3)24-8-6-5-7-23(24)27/h5-8,20-22H,4,9-19H2,1-3H3. The molecule has 3 atom stereocenters. The van der Waals surface area contributed by atoms with Crippen LogP contribution in [0.2, 0.25) is 0 Å². The molecule has 1 spiro atoms. The van der Waals surface area contributed by atoms with Crippen molar-refractivity contribution in [2.24, 2.45) is 5.92 Å². The quantitative estimate of drug-likeness (QED) is 0.649. The fourth-order valence-corrected chi connectivity index (χ4v) is 7.08. The van der Waals surface area contributed by atoms with Gasteiger partial charge < -0.3 is 19.4 Å². The van der Waals surface area contributed by atoms with Crippen molar-refractivity contribution in [1.29, 1.82) is 0 Å². The minimum absolute atomic E-state index is 0.0693. The average molecular weight is 469 g/mol. The summed E-state index contributed by atoms with van der Waals surface area (Å²) in [6.45, 7) is 6.18. The molecule has 7 heteroatoms. The number of carbonyl (C=O) groups is 2. The number of urea groups is 1. The molecule has 1 saturated carbocycles. The minimum Gasteiger partial charge on any atom is -0.450 e. The molecular formula is C27H40N4O3. The van der Waals surface area contributed by atoms with Crippen molar-refractivity contribution in [3.63, 3.8) is 0 Å². The second kappa shape index (κ2) is 9.40. The lowest BCUT2D eigenvalue weighted by atomic mass is 9.67. The third kappa shape index (κ3) is 4.16. The maximum Gasteiger partial charge on any atom is 0.410 e. The van der Waals surface area contributed by atoms with Gasteiger partial charge in [-0.25, -0.2) is 9.59 Å². The van der Waals surface area contributed by atoms with E-state index in [1.54, 1.807) is 4.90 Å². The van der Waals surface area contributed by atoms with E-state index in [1.807, 2.05) is 30.8 Å². The highest BCUT2D eigenvalue weighted by atomic mass is 16.6. The molecule has 3 saturated heterocycles. The van der Waals surface area contributed by atoms with Crippen LogP contribution in [0.5, 0.6) is 0 Å². The maximum absolute atomic E-state index is 12.8. The third-order valence-electron chi connectivity index (χ3n) is 8.92. The van der Waals surface area contributed by atoms with Gasteiger partial charge in [-0.3, -0.25) is 4.90 Å². The normalized spacial score (nSPS) is 28.4. The summed E-state index contributed by atoms with van der Waals surface area (Å²) in [6, 6.07) is 9.50. The summed E-state index contributed by atoms with van der Waals surface area (Å²) in [5, 5.41) is 0. The monoisotopic (exact) mass is 468 g/mol. The third-order valence-corrected chi connectivity index (χ3v) is 8.92. The van der Waals surface area contributed by atoms with Crippen molar-refractivity contribution in [1.82, 2.24) is 14.7 Å². The average Bonchev–Trinajstić information content (AvgIpc) is 3.17. The van der Waals surface area contributed by atoms with Crippen LogP contribution in [0.4, 0.5) is 15.3 Å². The first-order valence-corrected chi connectivity index (χ1v) is 13.2. The Morgan fingerprint density at radius 1 is 1.03 bits per heavy atom. The molecule has 7 nitrogen and oxygen atoms in total. The smallest absolute Gasteiger partial charge is 0.410 e. The van der Waals surface area contributed by atoms with Crippen LogP contribution in [0.3, 0.4) is 0 Å². The molecule has 34 heavy (non-hydrogen) atoms. The summed E-state index contributed by atoms with van der Waals surface area (Å²) in [4.78, 5) is 33.7. The van der Waals surface area contributed by atoms with E-state index in [-0.39, 0.29) is 17.5 Å². The predicted molar refractivity (Wildman–Crippen MR) is 133 cm³/mol. The van der Waals surface area contributed by atoms with E-state index in [0.717, 1.165) is 64.0 Å². The molecule has 1 aromatic carbocycles. The van der Waals surface area contributed by atoms with E-state index in [2.05, 4.69) is 29.2 Å². The number of benzene rings is 1. The first kappa shape index (κ1) is 23.5. The second-order valence-corrected chi connectivity index (χ2v) is 11.0. The first-order chi connectivity index (χ1) is 16.4. The lowest BCUT2D eigenvalue weighted by molar-refractivity contribution is 0.0658. The number of ether oxygens (including phenoxy) is 1. The number of anilines is 1. The lowest BCUT2D eigenvalue weighted by Crippen LogP contribution is -2.52. The van der Waals surface area contributed by atoms with Gasteiger partial charge in [0, 0.05) is 50.4 Å². The molecule has 6 rings (SSSR count). The highest BCUT2D eigenvalue weighted by Gasteiger charge is 2.46. The van der Waals surface area contributed by atoms with Crippen LogP contribution in [0.25, 0.3) is 0 Å². The van der Waals surface area contributed by atoms with Gasteiger partial charge in [-0.2, -0.15) is 0 Å². The molecule has 4 fully saturated rings. The maximum atomic E-state index is 12.8. The fraction of sp³-hybridized carbons (Fsp3) is 0.704. The van der Waals surface area contributed by atoms with E-state index in [1.165, 1.54) is 18.4 Å². The molecule has 3 unspecified atom stereocenters. The summed E-state index contributed by atoms with van der Waals surface area (Å²) in [7, 11) is 3.66. The number of rotatable bonds is 2. The molecule has 0 aromatic heterocycles. The van der Waals surface area contributed by atoms with Crippen molar-refractivity contribution < 1.29 is 14.3 Å². The van der Waals surface area contributed by atoms with Crippen molar-refractivity contribution in [2.45, 2.75) is 69.4 Å². The Balaban J connectivity index is 1.29. The Hall–Kier alpha value is -2.28. The summed E-state index contributed by atoms with van der Waals surface area (Å²) >= 11 is 0. The Morgan fingerprint density at radius 2 is 1.76 bits per heavy atom. The summed E-state index contributed by atoms with van der Waals surface area (Å²) < 4.78 is 5.36. The van der Waals surface area contributed by atoms with Crippen molar-refractivity contribution in [3.05, 3.63) is 29.8 Å². The Morgan fingerprint density at radius 3 is 2.50 bits per heavy atom. The van der Waals surface area contributed by atoms with Crippen molar-refractivity contribution in [2.75, 3.05) is 51.8 Å². The van der Waals surface area contributed by atoms with Crippen LogP contribution in [0, 0.1) is 5.92 Å². The molecule has 3 amide bonds. The number of likely N-dealkylation sites (tertiary alicyclic amines) is 1. The van der Waals surface area contributed by atoms with Crippen molar-refractivity contribution in [3.8, 4) is 0 Å². The zero-order valence-corrected chi connectivity index (χ0v) is 21.0. The zero-order chi connectivity index (χ0) is 23.9. The molecule has 0 radical (unpaired) electrons. The molecule has 1 aliphatic carbocycles. The molecule has 1 aromatic rings. The first-order valence-electron chi connectivity index (χ1n) is 13.2. The molecule has 5 aliphatic rings. The number of hydrogen-bond acceptors (Lipinski definition) is 4. The van der Waals surface area contributed by atoms with Crippen LogP contribution in [0.15, 0.2) is 24.3 Å². The Kier molecular flexibility index (Phi) is 6.49. The lowest BCUT2D eigenvalue weighted by Gasteiger charge is -2.49. The number of nitrogens with zero attached hydrogens (tertiary/aromatic N) is 4. The largest absolute Gasteiger partial charge is 0.450 e. The van der Waals surface area contributed by atoms with E-state index < -0.39 is 0 Å². The van der Waals surface area contributed by atoms with Gasteiger partial charge in [0.15, 0.2) is 0 Å². The SMILES string of the molecule is CCOC(=O)N1CC2CCC1CC(N1CCC3(CCN(C(=O)N(C)C)c4ccccc43)CC1)C2. The van der Waals surface area contributed by atoms with Gasteiger partial charge in [0.25, 0.3) is 0 Å². The van der Waals surface area contributed by atoms with Gasteiger partial charge in [-0.05, 0) is 82.5 Å². The molecule has 4 heterocycles. The number of para-hydroxylation sites is 1. The van der Waals surface area contributed by atoms with Gasteiger partial charge >= 0.3 is 12.1 Å².